The number of hydrogen-bond donors (Lipinski definition) is 1. The van der Waals surface area contributed by atoms with Crippen molar-refractivity contribution in [3.05, 3.63) is 71.3 Å². The van der Waals surface area contributed by atoms with Gasteiger partial charge in [0.05, 0.1) is 0 Å². The van der Waals surface area contributed by atoms with E-state index in [2.05, 4.69) is 34.5 Å². The summed E-state index contributed by atoms with van der Waals surface area (Å²) in [5.41, 5.74) is 4.16. The minimum absolute atomic E-state index is 0.0674. The number of nitrogens with zero attached hydrogens (tertiary/aromatic N) is 2. The maximum absolute atomic E-state index is 12.6. The second-order valence-corrected chi connectivity index (χ2v) is 8.21. The molecular weight excluding hydrogens is 386 g/mol. The number of carbonyl (C=O) groups is 2. The number of benzene rings is 2. The maximum atomic E-state index is 12.6. The Balaban J connectivity index is 1.41. The van der Waals surface area contributed by atoms with Crippen molar-refractivity contribution >= 4 is 23.6 Å². The highest BCUT2D eigenvalue weighted by atomic mass is 16.2. The average molecular weight is 420 g/mol. The minimum Gasteiger partial charge on any atom is -0.341 e. The number of hydrogen-bond acceptors (Lipinski definition) is 3. The van der Waals surface area contributed by atoms with Crippen LogP contribution in [0.1, 0.15) is 36.0 Å². The van der Waals surface area contributed by atoms with E-state index in [9.17, 15) is 9.59 Å². The normalized spacial score (nSPS) is 15.1. The van der Waals surface area contributed by atoms with Gasteiger partial charge in [0.1, 0.15) is 0 Å². The van der Waals surface area contributed by atoms with Crippen molar-refractivity contribution in [2.24, 2.45) is 0 Å². The van der Waals surface area contributed by atoms with Crippen molar-refractivity contribution in [2.45, 2.75) is 33.1 Å². The fraction of sp³-hybridized carbons (Fsp3) is 0.385. The van der Waals surface area contributed by atoms with Gasteiger partial charge in [0.15, 0.2) is 0 Å². The molecule has 2 aromatic rings. The van der Waals surface area contributed by atoms with Gasteiger partial charge in [-0.2, -0.15) is 0 Å². The lowest BCUT2D eigenvalue weighted by Crippen LogP contribution is -2.35. The van der Waals surface area contributed by atoms with Crippen molar-refractivity contribution in [2.75, 3.05) is 38.0 Å². The summed E-state index contributed by atoms with van der Waals surface area (Å²) in [5.74, 6) is -0.0395. The molecule has 1 fully saturated rings. The number of aryl methyl sites for hydroxylation is 2. The quantitative estimate of drug-likeness (QED) is 0.729. The second-order valence-electron chi connectivity index (χ2n) is 8.21. The summed E-state index contributed by atoms with van der Waals surface area (Å²) >= 11 is 0. The molecule has 1 N–H and O–H groups in total. The van der Waals surface area contributed by atoms with Crippen LogP contribution in [0.15, 0.2) is 54.6 Å². The Kier molecular flexibility index (Phi) is 8.42. The zero-order valence-electron chi connectivity index (χ0n) is 18.6. The zero-order chi connectivity index (χ0) is 22.1. The van der Waals surface area contributed by atoms with Crippen molar-refractivity contribution in [1.29, 1.82) is 0 Å². The van der Waals surface area contributed by atoms with Crippen molar-refractivity contribution in [3.63, 3.8) is 0 Å². The molecule has 0 bridgehead atoms. The van der Waals surface area contributed by atoms with E-state index in [0.717, 1.165) is 56.0 Å². The molecule has 5 heteroatoms. The molecule has 2 aromatic carbocycles. The lowest BCUT2D eigenvalue weighted by atomic mass is 10.1. The molecule has 0 unspecified atom stereocenters. The van der Waals surface area contributed by atoms with Crippen LogP contribution >= 0.6 is 0 Å². The van der Waals surface area contributed by atoms with E-state index in [4.69, 9.17) is 0 Å². The van der Waals surface area contributed by atoms with Crippen LogP contribution in [0.5, 0.6) is 0 Å². The maximum Gasteiger partial charge on any atom is 0.224 e. The second kappa shape index (κ2) is 11.5. The molecule has 3 rings (SSSR count). The van der Waals surface area contributed by atoms with Gasteiger partial charge in [-0.25, -0.2) is 0 Å². The molecule has 0 saturated carbocycles. The summed E-state index contributed by atoms with van der Waals surface area (Å²) < 4.78 is 0. The predicted molar refractivity (Wildman–Crippen MR) is 127 cm³/mol. The number of carbonyl (C=O) groups excluding carboxylic acids is 2. The van der Waals surface area contributed by atoms with Gasteiger partial charge in [0.25, 0.3) is 0 Å². The van der Waals surface area contributed by atoms with Crippen molar-refractivity contribution in [1.82, 2.24) is 9.80 Å². The highest BCUT2D eigenvalue weighted by Crippen LogP contribution is 2.17. The Bertz CT molecular complexity index is 908. The zero-order valence-corrected chi connectivity index (χ0v) is 18.6. The highest BCUT2D eigenvalue weighted by molar-refractivity contribution is 5.93. The van der Waals surface area contributed by atoms with Crippen LogP contribution in [0.4, 0.5) is 5.69 Å². The van der Waals surface area contributed by atoms with Crippen LogP contribution in [0.2, 0.25) is 0 Å². The molecule has 0 aromatic heterocycles. The molecule has 0 radical (unpaired) electrons. The Morgan fingerprint density at radius 1 is 0.968 bits per heavy atom. The van der Waals surface area contributed by atoms with E-state index in [0.29, 0.717) is 0 Å². The summed E-state index contributed by atoms with van der Waals surface area (Å²) in [7, 11) is 0. The Morgan fingerprint density at radius 2 is 1.77 bits per heavy atom. The van der Waals surface area contributed by atoms with Crippen molar-refractivity contribution in [3.8, 4) is 0 Å². The van der Waals surface area contributed by atoms with Gasteiger partial charge in [0, 0.05) is 51.3 Å². The first-order valence-corrected chi connectivity index (χ1v) is 11.1. The lowest BCUT2D eigenvalue weighted by molar-refractivity contribution is -0.132. The van der Waals surface area contributed by atoms with Crippen LogP contribution in [0, 0.1) is 13.8 Å². The first-order chi connectivity index (χ1) is 15.0. The van der Waals surface area contributed by atoms with Crippen LogP contribution in [-0.4, -0.2) is 54.3 Å². The molecule has 1 aliphatic rings. The molecule has 5 nitrogen and oxygen atoms in total. The third-order valence-corrected chi connectivity index (χ3v) is 5.65. The van der Waals surface area contributed by atoms with E-state index in [-0.39, 0.29) is 24.7 Å². The SMILES string of the molecule is Cc1ccc(C)c(NC(=O)CCC(=O)N2CCCN(C/C=C/c3ccccc3)CC2)c1. The Labute approximate surface area is 185 Å². The molecule has 0 atom stereocenters. The molecule has 164 valence electrons. The van der Waals surface area contributed by atoms with Gasteiger partial charge in [-0.3, -0.25) is 14.5 Å². The fourth-order valence-corrected chi connectivity index (χ4v) is 3.77. The first-order valence-electron chi connectivity index (χ1n) is 11.1. The molecule has 0 aliphatic carbocycles. The van der Waals surface area contributed by atoms with Gasteiger partial charge < -0.3 is 10.2 Å². The van der Waals surface area contributed by atoms with Crippen LogP contribution in [0.25, 0.3) is 6.08 Å². The van der Waals surface area contributed by atoms with Crippen LogP contribution < -0.4 is 5.32 Å². The van der Waals surface area contributed by atoms with E-state index < -0.39 is 0 Å². The number of anilines is 1. The number of nitrogens with one attached hydrogen (secondary N) is 1. The van der Waals surface area contributed by atoms with Crippen LogP contribution in [0.3, 0.4) is 0 Å². The summed E-state index contributed by atoms with van der Waals surface area (Å²) in [6.45, 7) is 8.18. The molecule has 1 saturated heterocycles. The van der Waals surface area contributed by atoms with Gasteiger partial charge in [-0.15, -0.1) is 0 Å². The van der Waals surface area contributed by atoms with Crippen LogP contribution in [-0.2, 0) is 9.59 Å². The third-order valence-electron chi connectivity index (χ3n) is 5.65. The van der Waals surface area contributed by atoms with Gasteiger partial charge in [0.2, 0.25) is 11.8 Å². The number of rotatable bonds is 7. The first kappa shape index (κ1) is 22.8. The van der Waals surface area contributed by atoms with E-state index in [1.54, 1.807) is 0 Å². The lowest BCUT2D eigenvalue weighted by Gasteiger charge is -2.21. The molecule has 31 heavy (non-hydrogen) atoms. The molecule has 0 spiro atoms. The van der Waals surface area contributed by atoms with E-state index >= 15 is 0 Å². The smallest absolute Gasteiger partial charge is 0.224 e. The van der Waals surface area contributed by atoms with Gasteiger partial charge >= 0.3 is 0 Å². The summed E-state index contributed by atoms with van der Waals surface area (Å²) in [6, 6.07) is 16.3. The fourth-order valence-electron chi connectivity index (χ4n) is 3.77. The monoisotopic (exact) mass is 419 g/mol. The predicted octanol–water partition coefficient (Wildman–Crippen LogP) is 4.27. The Morgan fingerprint density at radius 3 is 2.58 bits per heavy atom. The van der Waals surface area contributed by atoms with Gasteiger partial charge in [-0.1, -0.05) is 54.6 Å². The summed E-state index contributed by atoms with van der Waals surface area (Å²) in [5, 5.41) is 2.94. The summed E-state index contributed by atoms with van der Waals surface area (Å²) in [6.07, 6.45) is 5.75. The molecule has 2 amide bonds. The van der Waals surface area contributed by atoms with E-state index in [1.165, 1.54) is 5.56 Å². The standard InChI is InChI=1S/C26H33N3O2/c1-21-11-12-22(2)24(20-21)27-25(30)13-14-26(31)29-17-7-16-28(18-19-29)15-6-10-23-8-4-3-5-9-23/h3-6,8-12,20H,7,13-19H2,1-2H3,(H,27,30)/b10-6+. The minimum atomic E-state index is -0.107. The van der Waals surface area contributed by atoms with Gasteiger partial charge in [-0.05, 0) is 43.0 Å². The molecule has 1 aliphatic heterocycles. The molecule has 1 heterocycles. The highest BCUT2D eigenvalue weighted by Gasteiger charge is 2.19. The average Bonchev–Trinajstić information content (AvgIpc) is 3.01. The van der Waals surface area contributed by atoms with E-state index in [1.807, 2.05) is 55.1 Å². The Hall–Kier alpha value is -2.92. The largest absolute Gasteiger partial charge is 0.341 e. The molecular formula is C26H33N3O2. The van der Waals surface area contributed by atoms with Crippen molar-refractivity contribution < 1.29 is 9.59 Å². The third kappa shape index (κ3) is 7.37. The topological polar surface area (TPSA) is 52.7 Å². The summed E-state index contributed by atoms with van der Waals surface area (Å²) in [4.78, 5) is 29.3. The number of amides is 2.